The third-order valence-electron chi connectivity index (χ3n) is 2.06. The maximum absolute atomic E-state index is 5.34. The standard InChI is InChI=1S/C10H10N2O/c1-7(12-11)9-6-13-10-5-3-2-4-8(9)10/h2-6H,11H2,1H3/b12-7-. The molecular weight excluding hydrogens is 164 g/mol. The number of hydrazone groups is 1. The van der Waals surface area contributed by atoms with E-state index in [-0.39, 0.29) is 0 Å². The summed E-state index contributed by atoms with van der Waals surface area (Å²) in [5.74, 6) is 5.20. The number of nitrogens with two attached hydrogens (primary N) is 1. The first-order valence-corrected chi connectivity index (χ1v) is 4.04. The highest BCUT2D eigenvalue weighted by Crippen LogP contribution is 2.20. The van der Waals surface area contributed by atoms with E-state index >= 15 is 0 Å². The minimum atomic E-state index is 0.782. The van der Waals surface area contributed by atoms with Gasteiger partial charge in [-0.05, 0) is 13.0 Å². The average molecular weight is 174 g/mol. The summed E-state index contributed by atoms with van der Waals surface area (Å²) in [5, 5.41) is 4.69. The van der Waals surface area contributed by atoms with E-state index in [1.165, 1.54) is 0 Å². The van der Waals surface area contributed by atoms with Crippen LogP contribution in [0.5, 0.6) is 0 Å². The molecule has 66 valence electrons. The monoisotopic (exact) mass is 174 g/mol. The Morgan fingerprint density at radius 2 is 2.15 bits per heavy atom. The van der Waals surface area contributed by atoms with Crippen molar-refractivity contribution in [1.82, 2.24) is 0 Å². The van der Waals surface area contributed by atoms with Gasteiger partial charge < -0.3 is 10.3 Å². The quantitative estimate of drug-likeness (QED) is 0.409. The van der Waals surface area contributed by atoms with Crippen molar-refractivity contribution in [3.63, 3.8) is 0 Å². The number of hydrogen-bond donors (Lipinski definition) is 1. The largest absolute Gasteiger partial charge is 0.464 e. The van der Waals surface area contributed by atoms with Gasteiger partial charge in [0.05, 0.1) is 5.71 Å². The molecule has 0 spiro atoms. The number of hydrogen-bond acceptors (Lipinski definition) is 3. The minimum absolute atomic E-state index is 0.782. The van der Waals surface area contributed by atoms with Crippen LogP contribution in [0.1, 0.15) is 12.5 Å². The predicted octanol–water partition coefficient (Wildman–Crippen LogP) is 2.12. The fourth-order valence-corrected chi connectivity index (χ4v) is 1.33. The molecule has 0 unspecified atom stereocenters. The molecule has 0 aliphatic heterocycles. The molecule has 1 aromatic carbocycles. The van der Waals surface area contributed by atoms with E-state index in [9.17, 15) is 0 Å². The van der Waals surface area contributed by atoms with Crippen molar-refractivity contribution in [2.24, 2.45) is 10.9 Å². The van der Waals surface area contributed by atoms with Crippen molar-refractivity contribution in [2.75, 3.05) is 0 Å². The van der Waals surface area contributed by atoms with Crippen LogP contribution in [0.25, 0.3) is 11.0 Å². The van der Waals surface area contributed by atoms with Gasteiger partial charge in [-0.15, -0.1) is 0 Å². The van der Waals surface area contributed by atoms with Gasteiger partial charge in [0.2, 0.25) is 0 Å². The summed E-state index contributed by atoms with van der Waals surface area (Å²) >= 11 is 0. The molecule has 0 aliphatic rings. The predicted molar refractivity (Wildman–Crippen MR) is 52.6 cm³/mol. The van der Waals surface area contributed by atoms with Gasteiger partial charge >= 0.3 is 0 Å². The Morgan fingerprint density at radius 1 is 1.38 bits per heavy atom. The molecule has 0 bridgehead atoms. The molecule has 13 heavy (non-hydrogen) atoms. The number of furan rings is 1. The van der Waals surface area contributed by atoms with Gasteiger partial charge in [0.15, 0.2) is 0 Å². The summed E-state index contributed by atoms with van der Waals surface area (Å²) in [6.07, 6.45) is 1.68. The van der Waals surface area contributed by atoms with E-state index in [2.05, 4.69) is 5.10 Å². The summed E-state index contributed by atoms with van der Waals surface area (Å²) in [7, 11) is 0. The van der Waals surface area contributed by atoms with Gasteiger partial charge in [0.1, 0.15) is 11.8 Å². The van der Waals surface area contributed by atoms with E-state index in [1.54, 1.807) is 6.26 Å². The molecule has 0 aliphatic carbocycles. The second-order valence-corrected chi connectivity index (χ2v) is 2.86. The molecule has 0 atom stereocenters. The molecule has 0 amide bonds. The van der Waals surface area contributed by atoms with Crippen LogP contribution in [0.15, 0.2) is 40.0 Å². The maximum Gasteiger partial charge on any atom is 0.134 e. The smallest absolute Gasteiger partial charge is 0.134 e. The molecule has 2 N–H and O–H groups in total. The van der Waals surface area contributed by atoms with Crippen LogP contribution in [-0.2, 0) is 0 Å². The molecule has 2 rings (SSSR count). The number of nitrogens with zero attached hydrogens (tertiary/aromatic N) is 1. The normalized spacial score (nSPS) is 12.2. The first-order valence-electron chi connectivity index (χ1n) is 4.04. The Bertz CT molecular complexity index is 457. The second kappa shape index (κ2) is 2.94. The lowest BCUT2D eigenvalue weighted by Gasteiger charge is -1.93. The molecule has 2 aromatic rings. The zero-order valence-electron chi connectivity index (χ0n) is 7.32. The maximum atomic E-state index is 5.34. The lowest BCUT2D eigenvalue weighted by atomic mass is 10.1. The Kier molecular flexibility index (Phi) is 1.77. The van der Waals surface area contributed by atoms with E-state index in [0.717, 1.165) is 22.2 Å². The highest BCUT2D eigenvalue weighted by Gasteiger charge is 2.06. The Balaban J connectivity index is 2.71. The number of fused-ring (bicyclic) bond motifs is 1. The second-order valence-electron chi connectivity index (χ2n) is 2.86. The minimum Gasteiger partial charge on any atom is -0.464 e. The SMILES string of the molecule is C/C(=N/N)c1coc2ccccc12. The summed E-state index contributed by atoms with van der Waals surface area (Å²) in [4.78, 5) is 0. The van der Waals surface area contributed by atoms with E-state index in [0.29, 0.717) is 0 Å². The molecule has 0 radical (unpaired) electrons. The first-order chi connectivity index (χ1) is 6.33. The fourth-order valence-electron chi connectivity index (χ4n) is 1.33. The molecule has 0 saturated heterocycles. The van der Waals surface area contributed by atoms with Crippen LogP contribution < -0.4 is 5.84 Å². The zero-order chi connectivity index (χ0) is 9.26. The first kappa shape index (κ1) is 7.86. The van der Waals surface area contributed by atoms with Crippen molar-refractivity contribution in [3.05, 3.63) is 36.1 Å². The molecular formula is C10H10N2O. The highest BCUT2D eigenvalue weighted by atomic mass is 16.3. The van der Waals surface area contributed by atoms with Crippen molar-refractivity contribution in [3.8, 4) is 0 Å². The summed E-state index contributed by atoms with van der Waals surface area (Å²) in [6.45, 7) is 1.86. The van der Waals surface area contributed by atoms with E-state index < -0.39 is 0 Å². The highest BCUT2D eigenvalue weighted by molar-refractivity contribution is 6.08. The van der Waals surface area contributed by atoms with E-state index in [1.807, 2.05) is 31.2 Å². The molecule has 0 fully saturated rings. The van der Waals surface area contributed by atoms with Gasteiger partial charge in [-0.25, -0.2) is 0 Å². The Morgan fingerprint density at radius 3 is 2.92 bits per heavy atom. The van der Waals surface area contributed by atoms with Crippen LogP contribution in [0.3, 0.4) is 0 Å². The van der Waals surface area contributed by atoms with Gasteiger partial charge in [-0.1, -0.05) is 18.2 Å². The molecule has 0 saturated carbocycles. The van der Waals surface area contributed by atoms with E-state index in [4.69, 9.17) is 10.3 Å². The average Bonchev–Trinajstić information content (AvgIpc) is 2.60. The topological polar surface area (TPSA) is 51.5 Å². The Labute approximate surface area is 75.8 Å². The lowest BCUT2D eigenvalue weighted by Crippen LogP contribution is -1.96. The molecule has 1 heterocycles. The number of benzene rings is 1. The van der Waals surface area contributed by atoms with Crippen molar-refractivity contribution in [2.45, 2.75) is 6.92 Å². The van der Waals surface area contributed by atoms with Gasteiger partial charge in [0.25, 0.3) is 0 Å². The van der Waals surface area contributed by atoms with Crippen LogP contribution in [0.4, 0.5) is 0 Å². The third-order valence-corrected chi connectivity index (χ3v) is 2.06. The van der Waals surface area contributed by atoms with Crippen molar-refractivity contribution >= 4 is 16.7 Å². The van der Waals surface area contributed by atoms with Crippen LogP contribution in [0, 0.1) is 0 Å². The summed E-state index contributed by atoms with van der Waals surface area (Å²) in [5.41, 5.74) is 2.60. The van der Waals surface area contributed by atoms with Crippen molar-refractivity contribution in [1.29, 1.82) is 0 Å². The lowest BCUT2D eigenvalue weighted by molar-refractivity contribution is 0.615. The molecule has 3 nitrogen and oxygen atoms in total. The summed E-state index contributed by atoms with van der Waals surface area (Å²) in [6, 6.07) is 7.81. The van der Waals surface area contributed by atoms with Gasteiger partial charge in [-0.2, -0.15) is 5.10 Å². The summed E-state index contributed by atoms with van der Waals surface area (Å²) < 4.78 is 5.34. The molecule has 1 aromatic heterocycles. The van der Waals surface area contributed by atoms with Crippen LogP contribution in [-0.4, -0.2) is 5.71 Å². The van der Waals surface area contributed by atoms with Crippen LogP contribution in [0.2, 0.25) is 0 Å². The van der Waals surface area contributed by atoms with Crippen LogP contribution >= 0.6 is 0 Å². The third kappa shape index (κ3) is 1.18. The zero-order valence-corrected chi connectivity index (χ0v) is 7.32. The Hall–Kier alpha value is -1.77. The van der Waals surface area contributed by atoms with Gasteiger partial charge in [0, 0.05) is 10.9 Å². The number of rotatable bonds is 1. The fraction of sp³-hybridized carbons (Fsp3) is 0.100. The van der Waals surface area contributed by atoms with Crippen molar-refractivity contribution < 1.29 is 4.42 Å². The molecule has 3 heteroatoms. The number of para-hydroxylation sites is 1. The van der Waals surface area contributed by atoms with Gasteiger partial charge in [-0.3, -0.25) is 0 Å².